The minimum atomic E-state index is -0.798. The predicted molar refractivity (Wildman–Crippen MR) is 74.0 cm³/mol. The van der Waals surface area contributed by atoms with Gasteiger partial charge in [-0.15, -0.1) is 0 Å². The number of carboxylic acids is 1. The SMILES string of the molecule is CC(=O)NC(C(=O)N1CCC(CCC(=O)O)C1)C(C)C. The van der Waals surface area contributed by atoms with Gasteiger partial charge in [0.1, 0.15) is 6.04 Å². The summed E-state index contributed by atoms with van der Waals surface area (Å²) >= 11 is 0. The average molecular weight is 284 g/mol. The third-order valence-corrected chi connectivity index (χ3v) is 3.66. The minimum Gasteiger partial charge on any atom is -0.481 e. The van der Waals surface area contributed by atoms with E-state index < -0.39 is 12.0 Å². The molecule has 1 aliphatic rings. The van der Waals surface area contributed by atoms with Crippen LogP contribution in [-0.4, -0.2) is 46.9 Å². The Kier molecular flexibility index (Phi) is 5.98. The fourth-order valence-corrected chi connectivity index (χ4v) is 2.53. The van der Waals surface area contributed by atoms with Gasteiger partial charge in [-0.1, -0.05) is 13.8 Å². The molecule has 2 N–H and O–H groups in total. The lowest BCUT2D eigenvalue weighted by molar-refractivity contribution is -0.137. The quantitative estimate of drug-likeness (QED) is 0.757. The third-order valence-electron chi connectivity index (χ3n) is 3.66. The number of likely N-dealkylation sites (tertiary alicyclic amines) is 1. The highest BCUT2D eigenvalue weighted by Crippen LogP contribution is 2.22. The van der Waals surface area contributed by atoms with Gasteiger partial charge in [-0.05, 0) is 24.7 Å². The molecule has 1 heterocycles. The monoisotopic (exact) mass is 284 g/mol. The first-order valence-electron chi connectivity index (χ1n) is 7.09. The zero-order chi connectivity index (χ0) is 15.3. The first kappa shape index (κ1) is 16.5. The van der Waals surface area contributed by atoms with E-state index in [9.17, 15) is 14.4 Å². The number of nitrogens with zero attached hydrogens (tertiary/aromatic N) is 1. The number of rotatable bonds is 6. The van der Waals surface area contributed by atoms with Crippen molar-refractivity contribution < 1.29 is 19.5 Å². The first-order chi connectivity index (χ1) is 9.31. The molecule has 0 aromatic heterocycles. The van der Waals surface area contributed by atoms with Crippen LogP contribution in [0.5, 0.6) is 0 Å². The molecule has 2 atom stereocenters. The number of carbonyl (C=O) groups is 3. The van der Waals surface area contributed by atoms with Crippen molar-refractivity contribution in [2.24, 2.45) is 11.8 Å². The standard InChI is InChI=1S/C14H24N2O4/c1-9(2)13(15-10(3)17)14(20)16-7-6-11(8-16)4-5-12(18)19/h9,11,13H,4-8H2,1-3H3,(H,15,17)(H,18,19). The molecule has 114 valence electrons. The first-order valence-corrected chi connectivity index (χ1v) is 7.09. The highest BCUT2D eigenvalue weighted by atomic mass is 16.4. The molecule has 2 unspecified atom stereocenters. The molecular formula is C14H24N2O4. The van der Waals surface area contributed by atoms with Crippen LogP contribution in [0.25, 0.3) is 0 Å². The maximum atomic E-state index is 12.4. The minimum absolute atomic E-state index is 0.0319. The molecule has 20 heavy (non-hydrogen) atoms. The van der Waals surface area contributed by atoms with Gasteiger partial charge < -0.3 is 15.3 Å². The van der Waals surface area contributed by atoms with Gasteiger partial charge in [0.2, 0.25) is 11.8 Å². The summed E-state index contributed by atoms with van der Waals surface area (Å²) in [6, 6.07) is -0.495. The molecule has 6 heteroatoms. The normalized spacial score (nSPS) is 20.0. The van der Waals surface area contributed by atoms with Crippen LogP contribution in [0.3, 0.4) is 0 Å². The lowest BCUT2D eigenvalue weighted by Crippen LogP contribution is -2.50. The lowest BCUT2D eigenvalue weighted by Gasteiger charge is -2.26. The van der Waals surface area contributed by atoms with Crippen molar-refractivity contribution >= 4 is 17.8 Å². The van der Waals surface area contributed by atoms with Crippen LogP contribution in [0.4, 0.5) is 0 Å². The molecule has 6 nitrogen and oxygen atoms in total. The summed E-state index contributed by atoms with van der Waals surface area (Å²) in [7, 11) is 0. The number of carboxylic acid groups (broad SMARTS) is 1. The van der Waals surface area contributed by atoms with Gasteiger partial charge in [0, 0.05) is 26.4 Å². The van der Waals surface area contributed by atoms with E-state index in [-0.39, 0.29) is 30.1 Å². The fraction of sp³-hybridized carbons (Fsp3) is 0.786. The second kappa shape index (κ2) is 7.26. The van der Waals surface area contributed by atoms with Crippen molar-refractivity contribution in [3.05, 3.63) is 0 Å². The summed E-state index contributed by atoms with van der Waals surface area (Å²) in [6.45, 7) is 6.44. The Labute approximate surface area is 119 Å². The van der Waals surface area contributed by atoms with E-state index in [1.807, 2.05) is 13.8 Å². The molecule has 1 aliphatic heterocycles. The van der Waals surface area contributed by atoms with E-state index in [1.54, 1.807) is 4.90 Å². The number of hydrogen-bond donors (Lipinski definition) is 2. The molecule has 0 radical (unpaired) electrons. The zero-order valence-electron chi connectivity index (χ0n) is 12.4. The third kappa shape index (κ3) is 4.83. The van der Waals surface area contributed by atoms with Gasteiger partial charge in [0.05, 0.1) is 0 Å². The lowest BCUT2D eigenvalue weighted by atomic mass is 10.0. The molecular weight excluding hydrogens is 260 g/mol. The maximum Gasteiger partial charge on any atom is 0.303 e. The van der Waals surface area contributed by atoms with Crippen LogP contribution in [0.15, 0.2) is 0 Å². The van der Waals surface area contributed by atoms with E-state index >= 15 is 0 Å². The Hall–Kier alpha value is -1.59. The number of amides is 2. The molecule has 1 fully saturated rings. The summed E-state index contributed by atoms with van der Waals surface area (Å²) in [4.78, 5) is 35.9. The highest BCUT2D eigenvalue weighted by molar-refractivity contribution is 5.87. The number of aliphatic carboxylic acids is 1. The molecule has 2 amide bonds. The summed E-state index contributed by atoms with van der Waals surface area (Å²) in [5.41, 5.74) is 0. The van der Waals surface area contributed by atoms with E-state index in [0.717, 1.165) is 6.42 Å². The zero-order valence-corrected chi connectivity index (χ0v) is 12.4. The average Bonchev–Trinajstić information content (AvgIpc) is 2.80. The molecule has 0 saturated carbocycles. The Morgan fingerprint density at radius 3 is 2.50 bits per heavy atom. The highest BCUT2D eigenvalue weighted by Gasteiger charge is 2.32. The molecule has 0 spiro atoms. The van der Waals surface area contributed by atoms with Gasteiger partial charge in [-0.25, -0.2) is 0 Å². The van der Waals surface area contributed by atoms with Gasteiger partial charge in [0.25, 0.3) is 0 Å². The summed E-state index contributed by atoms with van der Waals surface area (Å²) in [5, 5.41) is 11.4. The molecule has 0 bridgehead atoms. The molecule has 0 aliphatic carbocycles. The number of carbonyl (C=O) groups excluding carboxylic acids is 2. The van der Waals surface area contributed by atoms with Crippen LogP contribution in [0.2, 0.25) is 0 Å². The van der Waals surface area contributed by atoms with Crippen LogP contribution < -0.4 is 5.32 Å². The summed E-state index contributed by atoms with van der Waals surface area (Å²) in [5.74, 6) is -0.788. The summed E-state index contributed by atoms with van der Waals surface area (Å²) < 4.78 is 0. The van der Waals surface area contributed by atoms with Gasteiger partial charge in [-0.3, -0.25) is 14.4 Å². The van der Waals surface area contributed by atoms with E-state index in [2.05, 4.69) is 5.32 Å². The van der Waals surface area contributed by atoms with Crippen molar-refractivity contribution in [2.45, 2.75) is 46.1 Å². The summed E-state index contributed by atoms with van der Waals surface area (Å²) in [6.07, 6.45) is 1.58. The molecule has 0 aromatic rings. The second-order valence-corrected chi connectivity index (χ2v) is 5.79. The molecule has 1 rings (SSSR count). The smallest absolute Gasteiger partial charge is 0.303 e. The maximum absolute atomic E-state index is 12.4. The van der Waals surface area contributed by atoms with E-state index in [1.165, 1.54) is 6.92 Å². The van der Waals surface area contributed by atoms with Crippen molar-refractivity contribution in [2.75, 3.05) is 13.1 Å². The van der Waals surface area contributed by atoms with Crippen LogP contribution in [0, 0.1) is 11.8 Å². The van der Waals surface area contributed by atoms with E-state index in [4.69, 9.17) is 5.11 Å². The van der Waals surface area contributed by atoms with Crippen LogP contribution in [0.1, 0.15) is 40.0 Å². The fourth-order valence-electron chi connectivity index (χ4n) is 2.53. The Bertz CT molecular complexity index is 381. The number of nitrogens with one attached hydrogen (secondary N) is 1. The predicted octanol–water partition coefficient (Wildman–Crippen LogP) is 0.860. The number of hydrogen-bond acceptors (Lipinski definition) is 3. The van der Waals surface area contributed by atoms with Crippen molar-refractivity contribution in [1.29, 1.82) is 0 Å². The van der Waals surface area contributed by atoms with Crippen molar-refractivity contribution in [3.63, 3.8) is 0 Å². The van der Waals surface area contributed by atoms with E-state index in [0.29, 0.717) is 19.5 Å². The molecule has 0 aromatic carbocycles. The van der Waals surface area contributed by atoms with Gasteiger partial charge in [-0.2, -0.15) is 0 Å². The van der Waals surface area contributed by atoms with Gasteiger partial charge >= 0.3 is 5.97 Å². The topological polar surface area (TPSA) is 86.7 Å². The van der Waals surface area contributed by atoms with Crippen molar-refractivity contribution in [3.8, 4) is 0 Å². The van der Waals surface area contributed by atoms with Gasteiger partial charge in [0.15, 0.2) is 0 Å². The Morgan fingerprint density at radius 2 is 2.00 bits per heavy atom. The molecule has 1 saturated heterocycles. The second-order valence-electron chi connectivity index (χ2n) is 5.79. The van der Waals surface area contributed by atoms with Crippen molar-refractivity contribution in [1.82, 2.24) is 10.2 Å². The van der Waals surface area contributed by atoms with Crippen LogP contribution in [-0.2, 0) is 14.4 Å². The Morgan fingerprint density at radius 1 is 1.35 bits per heavy atom. The Balaban J connectivity index is 2.54. The largest absolute Gasteiger partial charge is 0.481 e. The van der Waals surface area contributed by atoms with Crippen LogP contribution >= 0.6 is 0 Å².